The maximum atomic E-state index is 5.43. The number of ether oxygens (including phenoxy) is 1. The Bertz CT molecular complexity index is 464. The second kappa shape index (κ2) is 4.71. The van der Waals surface area contributed by atoms with Gasteiger partial charge in [0.2, 0.25) is 0 Å². The molecular weight excluding hydrogens is 236 g/mol. The molecule has 3 nitrogen and oxygen atoms in total. The third-order valence-corrected chi connectivity index (χ3v) is 4.23. The molecule has 0 aromatic heterocycles. The molecule has 1 saturated heterocycles. The van der Waals surface area contributed by atoms with E-state index >= 15 is 0 Å². The molecule has 2 aliphatic heterocycles. The van der Waals surface area contributed by atoms with Crippen LogP contribution in [-0.4, -0.2) is 31.8 Å². The average molecular weight is 260 g/mol. The van der Waals surface area contributed by atoms with Crippen molar-refractivity contribution in [1.82, 2.24) is 0 Å². The van der Waals surface area contributed by atoms with Crippen LogP contribution < -0.4 is 10.2 Å². The second-order valence-corrected chi connectivity index (χ2v) is 6.49. The molecule has 2 heterocycles. The summed E-state index contributed by atoms with van der Waals surface area (Å²) in [5.74, 6) is 0.630. The number of nitrogens with zero attached hydrogens (tertiary/aromatic N) is 1. The van der Waals surface area contributed by atoms with Crippen LogP contribution >= 0.6 is 0 Å². The molecule has 104 valence electrons. The van der Waals surface area contributed by atoms with E-state index in [1.807, 2.05) is 0 Å². The third-order valence-electron chi connectivity index (χ3n) is 4.23. The number of nitrogens with one attached hydrogen (secondary N) is 1. The molecule has 0 unspecified atom stereocenters. The van der Waals surface area contributed by atoms with Gasteiger partial charge in [-0.25, -0.2) is 0 Å². The Morgan fingerprint density at radius 3 is 2.74 bits per heavy atom. The van der Waals surface area contributed by atoms with Crippen molar-refractivity contribution in [3.05, 3.63) is 23.8 Å². The summed E-state index contributed by atoms with van der Waals surface area (Å²) in [5.41, 5.74) is 4.28. The van der Waals surface area contributed by atoms with E-state index in [0.29, 0.717) is 5.92 Å². The topological polar surface area (TPSA) is 24.5 Å². The minimum Gasteiger partial charge on any atom is -0.380 e. The number of rotatable bonds is 1. The van der Waals surface area contributed by atoms with E-state index in [2.05, 4.69) is 49.2 Å². The highest BCUT2D eigenvalue weighted by Gasteiger charge is 2.29. The highest BCUT2D eigenvalue weighted by Crippen LogP contribution is 2.40. The van der Waals surface area contributed by atoms with Crippen LogP contribution in [0.3, 0.4) is 0 Å². The Labute approximate surface area is 115 Å². The number of fused-ring (bicyclic) bond motifs is 1. The van der Waals surface area contributed by atoms with Crippen molar-refractivity contribution in [2.24, 2.45) is 0 Å². The van der Waals surface area contributed by atoms with Gasteiger partial charge in [0.05, 0.1) is 13.2 Å². The van der Waals surface area contributed by atoms with Gasteiger partial charge >= 0.3 is 0 Å². The molecule has 1 aromatic rings. The minimum atomic E-state index is 0.191. The molecule has 0 spiro atoms. The zero-order valence-electron chi connectivity index (χ0n) is 12.2. The third kappa shape index (κ3) is 2.57. The Morgan fingerprint density at radius 1 is 1.26 bits per heavy atom. The maximum absolute atomic E-state index is 5.43. The first kappa shape index (κ1) is 12.8. The van der Waals surface area contributed by atoms with E-state index in [-0.39, 0.29) is 5.54 Å². The van der Waals surface area contributed by atoms with Crippen LogP contribution in [0.4, 0.5) is 11.4 Å². The van der Waals surface area contributed by atoms with Crippen molar-refractivity contribution in [2.45, 2.75) is 38.6 Å². The summed E-state index contributed by atoms with van der Waals surface area (Å²) in [6.07, 6.45) is 1.19. The standard InChI is InChI=1S/C16H24N2O/c1-12-11-16(2,3)17-15-10-13(4-5-14(12)15)18-6-8-19-9-7-18/h4-5,10,12,17H,6-9,11H2,1-3H3/t12-/m0/s1. The fraction of sp³-hybridized carbons (Fsp3) is 0.625. The molecule has 19 heavy (non-hydrogen) atoms. The summed E-state index contributed by atoms with van der Waals surface area (Å²) in [6, 6.07) is 6.88. The zero-order chi connectivity index (χ0) is 13.5. The summed E-state index contributed by atoms with van der Waals surface area (Å²) in [4.78, 5) is 2.41. The van der Waals surface area contributed by atoms with Crippen LogP contribution in [0.1, 0.15) is 38.7 Å². The Morgan fingerprint density at radius 2 is 2.00 bits per heavy atom. The molecule has 1 atom stereocenters. The number of hydrogen-bond acceptors (Lipinski definition) is 3. The quantitative estimate of drug-likeness (QED) is 0.839. The predicted molar refractivity (Wildman–Crippen MR) is 80.2 cm³/mol. The smallest absolute Gasteiger partial charge is 0.0642 e. The van der Waals surface area contributed by atoms with Crippen molar-refractivity contribution in [3.8, 4) is 0 Å². The molecule has 1 aromatic carbocycles. The first-order chi connectivity index (χ1) is 9.05. The molecule has 0 radical (unpaired) electrons. The van der Waals surface area contributed by atoms with Crippen molar-refractivity contribution in [2.75, 3.05) is 36.5 Å². The number of anilines is 2. The first-order valence-electron chi connectivity index (χ1n) is 7.30. The van der Waals surface area contributed by atoms with Gasteiger partial charge in [-0.1, -0.05) is 13.0 Å². The molecular formula is C16H24N2O. The monoisotopic (exact) mass is 260 g/mol. The van der Waals surface area contributed by atoms with Crippen molar-refractivity contribution >= 4 is 11.4 Å². The van der Waals surface area contributed by atoms with Gasteiger partial charge < -0.3 is 15.0 Å². The van der Waals surface area contributed by atoms with E-state index in [1.54, 1.807) is 0 Å². The lowest BCUT2D eigenvalue weighted by Crippen LogP contribution is -2.38. The molecule has 0 aliphatic carbocycles. The molecule has 1 N–H and O–H groups in total. The van der Waals surface area contributed by atoms with Crippen molar-refractivity contribution in [3.63, 3.8) is 0 Å². The van der Waals surface area contributed by atoms with Gasteiger partial charge in [0.25, 0.3) is 0 Å². The van der Waals surface area contributed by atoms with E-state index in [1.165, 1.54) is 23.4 Å². The van der Waals surface area contributed by atoms with Crippen molar-refractivity contribution in [1.29, 1.82) is 0 Å². The van der Waals surface area contributed by atoms with Crippen molar-refractivity contribution < 1.29 is 4.74 Å². The van der Waals surface area contributed by atoms with E-state index in [0.717, 1.165) is 26.3 Å². The van der Waals surface area contributed by atoms with Crippen LogP contribution in [0.25, 0.3) is 0 Å². The van der Waals surface area contributed by atoms with Gasteiger partial charge in [0.15, 0.2) is 0 Å². The fourth-order valence-electron chi connectivity index (χ4n) is 3.39. The molecule has 3 heteroatoms. The molecule has 1 fully saturated rings. The molecule has 2 aliphatic rings. The fourth-order valence-corrected chi connectivity index (χ4v) is 3.39. The normalized spacial score (nSPS) is 25.6. The Kier molecular flexibility index (Phi) is 3.17. The van der Waals surface area contributed by atoms with E-state index in [4.69, 9.17) is 4.74 Å². The Hall–Kier alpha value is -1.22. The van der Waals surface area contributed by atoms with Crippen LogP contribution in [0.2, 0.25) is 0 Å². The van der Waals surface area contributed by atoms with Gasteiger partial charge in [-0.2, -0.15) is 0 Å². The lowest BCUT2D eigenvalue weighted by molar-refractivity contribution is 0.122. The highest BCUT2D eigenvalue weighted by atomic mass is 16.5. The van der Waals surface area contributed by atoms with Crippen LogP contribution in [0, 0.1) is 0 Å². The highest BCUT2D eigenvalue weighted by molar-refractivity contribution is 5.65. The molecule has 0 amide bonds. The van der Waals surface area contributed by atoms with Gasteiger partial charge in [0, 0.05) is 30.0 Å². The SMILES string of the molecule is C[C@H]1CC(C)(C)Nc2cc(N3CCOCC3)ccc21. The number of morpholine rings is 1. The van der Waals surface area contributed by atoms with Crippen LogP contribution in [-0.2, 0) is 4.74 Å². The van der Waals surface area contributed by atoms with Gasteiger partial charge in [0.1, 0.15) is 0 Å². The van der Waals surface area contributed by atoms with Crippen LogP contribution in [0.5, 0.6) is 0 Å². The van der Waals surface area contributed by atoms with Gasteiger partial charge in [-0.05, 0) is 43.9 Å². The second-order valence-electron chi connectivity index (χ2n) is 6.49. The predicted octanol–water partition coefficient (Wildman–Crippen LogP) is 3.22. The van der Waals surface area contributed by atoms with Gasteiger partial charge in [-0.3, -0.25) is 0 Å². The lowest BCUT2D eigenvalue weighted by Gasteiger charge is -2.38. The minimum absolute atomic E-state index is 0.191. The molecule has 3 rings (SSSR count). The number of hydrogen-bond donors (Lipinski definition) is 1. The molecule has 0 saturated carbocycles. The lowest BCUT2D eigenvalue weighted by atomic mass is 9.82. The van der Waals surface area contributed by atoms with Crippen LogP contribution in [0.15, 0.2) is 18.2 Å². The van der Waals surface area contributed by atoms with E-state index < -0.39 is 0 Å². The summed E-state index contributed by atoms with van der Waals surface area (Å²) in [5, 5.41) is 3.69. The van der Waals surface area contributed by atoms with E-state index in [9.17, 15) is 0 Å². The summed E-state index contributed by atoms with van der Waals surface area (Å²) in [7, 11) is 0. The first-order valence-corrected chi connectivity index (χ1v) is 7.30. The number of benzene rings is 1. The molecule has 0 bridgehead atoms. The zero-order valence-corrected chi connectivity index (χ0v) is 12.2. The summed E-state index contributed by atoms with van der Waals surface area (Å²) < 4.78 is 5.43. The van der Waals surface area contributed by atoms with Gasteiger partial charge in [-0.15, -0.1) is 0 Å². The summed E-state index contributed by atoms with van der Waals surface area (Å²) in [6.45, 7) is 10.6. The summed E-state index contributed by atoms with van der Waals surface area (Å²) >= 11 is 0. The largest absolute Gasteiger partial charge is 0.380 e. The average Bonchev–Trinajstić information content (AvgIpc) is 2.37. The Balaban J connectivity index is 1.90. The maximum Gasteiger partial charge on any atom is 0.0642 e.